The SMILES string of the molecule is COCOc1c(OC)c(C)cc2c1[C@H]1[C@@H]3[C@@H]4SC[C@H](N)C(=O)[C@@]45c4c(OC(C)=O)c(C)c6c(c4[C@@H]5N3[C@@H](C)[C@H](C2)N1C)OCO6. The number of aryl methyl sites for hydroxylation is 1. The number of piperazine rings is 1. The van der Waals surface area contributed by atoms with Crippen LogP contribution in [0.5, 0.6) is 28.7 Å². The Morgan fingerprint density at radius 2 is 1.91 bits per heavy atom. The maximum absolute atomic E-state index is 14.8. The summed E-state index contributed by atoms with van der Waals surface area (Å²) in [6.45, 7) is 7.71. The van der Waals surface area contributed by atoms with Crippen LogP contribution in [0.1, 0.15) is 59.3 Å². The van der Waals surface area contributed by atoms with Crippen molar-refractivity contribution in [2.24, 2.45) is 5.73 Å². The number of likely N-dealkylation sites (N-methyl/N-ethyl adjacent to an activating group) is 1. The van der Waals surface area contributed by atoms with Crippen molar-refractivity contribution in [3.8, 4) is 28.7 Å². The van der Waals surface area contributed by atoms with Gasteiger partial charge in [-0.1, -0.05) is 6.07 Å². The average Bonchev–Trinajstić information content (AvgIpc) is 3.56. The molecule has 8 atom stereocenters. The van der Waals surface area contributed by atoms with Crippen LogP contribution in [0.2, 0.25) is 0 Å². The van der Waals surface area contributed by atoms with Crippen molar-refractivity contribution in [1.82, 2.24) is 9.80 Å². The van der Waals surface area contributed by atoms with E-state index in [4.69, 9.17) is 34.2 Å². The van der Waals surface area contributed by atoms with E-state index in [-0.39, 0.29) is 54.8 Å². The number of Topliss-reactive ketones (excluding diaryl/α,β-unsaturated/α-hetero) is 1. The van der Waals surface area contributed by atoms with Gasteiger partial charge in [0, 0.05) is 65.4 Å². The van der Waals surface area contributed by atoms with E-state index in [0.29, 0.717) is 40.1 Å². The van der Waals surface area contributed by atoms with E-state index in [1.807, 2.05) is 13.8 Å². The Bertz CT molecular complexity index is 1670. The second-order valence-electron chi connectivity index (χ2n) is 13.1. The smallest absolute Gasteiger partial charge is 0.308 e. The largest absolute Gasteiger partial charge is 0.493 e. The maximum Gasteiger partial charge on any atom is 0.308 e. The van der Waals surface area contributed by atoms with Gasteiger partial charge < -0.3 is 34.2 Å². The van der Waals surface area contributed by atoms with Crippen LogP contribution in [-0.4, -0.2) is 91.6 Å². The molecule has 5 aliphatic heterocycles. The van der Waals surface area contributed by atoms with E-state index >= 15 is 0 Å². The van der Waals surface area contributed by atoms with E-state index < -0.39 is 17.4 Å². The molecule has 3 fully saturated rings. The van der Waals surface area contributed by atoms with Gasteiger partial charge in [0.05, 0.1) is 30.7 Å². The Morgan fingerprint density at radius 3 is 2.62 bits per heavy atom. The van der Waals surface area contributed by atoms with Crippen molar-refractivity contribution in [1.29, 1.82) is 0 Å². The molecule has 12 heteroatoms. The minimum absolute atomic E-state index is 0.00761. The molecule has 2 N–H and O–H groups in total. The van der Waals surface area contributed by atoms with Gasteiger partial charge in [0.2, 0.25) is 6.79 Å². The lowest BCUT2D eigenvalue weighted by molar-refractivity contribution is -0.133. The summed E-state index contributed by atoms with van der Waals surface area (Å²) in [7, 11) is 5.46. The molecule has 1 spiro atoms. The maximum atomic E-state index is 14.8. The number of esters is 1. The molecule has 0 radical (unpaired) electrons. The normalized spacial score (nSPS) is 33.8. The standard InChI is InChI=1S/C33H39N3O8S/c1-13-8-17-9-19-15(3)36-24(23(35(19)5)20(17)28(25(13)40-7)41-11-39-6)32-33(31(38)18(34)10-45-32)22-21(30(33)36)29-27(42-12-43-29)14(2)26(22)44-16(4)37/h8,15,18-19,23-24,30,32H,9-12,34H2,1-7H3/t15-,18-,19-,23-,24+,30-,32-,33-/m0/s1. The lowest BCUT2D eigenvalue weighted by Crippen LogP contribution is -2.65. The number of thioether (sulfide) groups is 1. The number of rotatable bonds is 5. The van der Waals surface area contributed by atoms with Crippen molar-refractivity contribution < 1.29 is 38.0 Å². The van der Waals surface area contributed by atoms with Crippen molar-refractivity contribution >= 4 is 23.5 Å². The third-order valence-corrected chi connectivity index (χ3v) is 12.7. The number of carbonyl (C=O) groups excluding carboxylic acids is 2. The summed E-state index contributed by atoms with van der Waals surface area (Å²) >= 11 is 1.75. The molecule has 240 valence electrons. The molecule has 0 amide bonds. The van der Waals surface area contributed by atoms with E-state index in [2.05, 4.69) is 29.8 Å². The van der Waals surface area contributed by atoms with Gasteiger partial charge in [0.15, 0.2) is 35.6 Å². The van der Waals surface area contributed by atoms with Crippen molar-refractivity contribution in [3.05, 3.63) is 39.4 Å². The van der Waals surface area contributed by atoms with Gasteiger partial charge >= 0.3 is 5.97 Å². The minimum atomic E-state index is -0.992. The number of carbonyl (C=O) groups is 2. The van der Waals surface area contributed by atoms with Gasteiger partial charge in [-0.2, -0.15) is 11.8 Å². The zero-order chi connectivity index (χ0) is 31.7. The molecule has 3 saturated heterocycles. The molecule has 0 unspecified atom stereocenters. The summed E-state index contributed by atoms with van der Waals surface area (Å²) in [5.41, 5.74) is 11.2. The summed E-state index contributed by atoms with van der Waals surface area (Å²) in [5.74, 6) is 3.03. The molecular formula is C33H39N3O8S. The fourth-order valence-electron chi connectivity index (χ4n) is 9.61. The molecule has 11 nitrogen and oxygen atoms in total. The second-order valence-corrected chi connectivity index (χ2v) is 14.3. The highest BCUT2D eigenvalue weighted by atomic mass is 32.2. The topological polar surface area (TPSA) is 122 Å². The number of hydrogen-bond donors (Lipinski definition) is 1. The number of ether oxygens (including phenoxy) is 6. The van der Waals surface area contributed by atoms with Crippen LogP contribution < -0.4 is 29.4 Å². The number of nitrogens with two attached hydrogens (primary N) is 1. The molecule has 8 rings (SSSR count). The highest BCUT2D eigenvalue weighted by Gasteiger charge is 2.78. The van der Waals surface area contributed by atoms with Crippen LogP contribution in [0.25, 0.3) is 0 Å². The summed E-state index contributed by atoms with van der Waals surface area (Å²) in [4.78, 5) is 32.3. The number of hydrogen-bond acceptors (Lipinski definition) is 12. The average molecular weight is 638 g/mol. The predicted octanol–water partition coefficient (Wildman–Crippen LogP) is 2.94. The lowest BCUT2D eigenvalue weighted by Gasteiger charge is -2.58. The Balaban J connectivity index is 1.41. The number of fused-ring (bicyclic) bond motifs is 12. The van der Waals surface area contributed by atoms with Crippen LogP contribution in [0.15, 0.2) is 6.07 Å². The van der Waals surface area contributed by atoms with Crippen molar-refractivity contribution in [3.63, 3.8) is 0 Å². The summed E-state index contributed by atoms with van der Waals surface area (Å²) in [6.07, 6.45) is 0.809. The number of nitrogens with zero attached hydrogens (tertiary/aromatic N) is 2. The van der Waals surface area contributed by atoms with Gasteiger partial charge in [-0.05, 0) is 45.4 Å². The quantitative estimate of drug-likeness (QED) is 0.295. The van der Waals surface area contributed by atoms with Gasteiger partial charge in [-0.3, -0.25) is 19.4 Å². The van der Waals surface area contributed by atoms with Gasteiger partial charge in [0.1, 0.15) is 5.75 Å². The molecule has 6 aliphatic rings. The molecule has 45 heavy (non-hydrogen) atoms. The Hall–Kier alpha value is -3.03. The zero-order valence-electron chi connectivity index (χ0n) is 26.6. The zero-order valence-corrected chi connectivity index (χ0v) is 27.4. The van der Waals surface area contributed by atoms with Crippen molar-refractivity contribution in [2.45, 2.75) is 81.0 Å². The van der Waals surface area contributed by atoms with Gasteiger partial charge in [-0.25, -0.2) is 0 Å². The van der Waals surface area contributed by atoms with E-state index in [0.717, 1.165) is 28.7 Å². The Morgan fingerprint density at radius 1 is 1.16 bits per heavy atom. The lowest BCUT2D eigenvalue weighted by atomic mass is 9.55. The summed E-state index contributed by atoms with van der Waals surface area (Å²) in [5, 5.41) is -0.180. The first-order valence-corrected chi connectivity index (χ1v) is 16.5. The molecule has 2 bridgehead atoms. The molecule has 1 aliphatic carbocycles. The fourth-order valence-corrected chi connectivity index (χ4v) is 11.3. The van der Waals surface area contributed by atoms with Crippen LogP contribution in [0.3, 0.4) is 0 Å². The van der Waals surface area contributed by atoms with Crippen LogP contribution in [0.4, 0.5) is 0 Å². The molecule has 0 aromatic heterocycles. The van der Waals surface area contributed by atoms with E-state index in [1.165, 1.54) is 12.5 Å². The van der Waals surface area contributed by atoms with E-state index in [1.54, 1.807) is 26.0 Å². The van der Waals surface area contributed by atoms with Gasteiger partial charge in [-0.15, -0.1) is 0 Å². The highest BCUT2D eigenvalue weighted by Crippen LogP contribution is 2.75. The second kappa shape index (κ2) is 9.98. The molecule has 0 saturated carbocycles. The first kappa shape index (κ1) is 29.4. The number of ketones is 1. The molecule has 2 aromatic rings. The van der Waals surface area contributed by atoms with E-state index in [9.17, 15) is 9.59 Å². The third kappa shape index (κ3) is 3.47. The van der Waals surface area contributed by atoms with Crippen LogP contribution >= 0.6 is 11.8 Å². The Kier molecular flexibility index (Phi) is 6.52. The predicted molar refractivity (Wildman–Crippen MR) is 166 cm³/mol. The molecular weight excluding hydrogens is 598 g/mol. The third-order valence-electron chi connectivity index (χ3n) is 11.1. The fraction of sp³-hybridized carbons (Fsp3) is 0.576. The van der Waals surface area contributed by atoms with Gasteiger partial charge in [0.25, 0.3) is 0 Å². The molecule has 2 aromatic carbocycles. The van der Waals surface area contributed by atoms with Crippen molar-refractivity contribution in [2.75, 3.05) is 40.6 Å². The summed E-state index contributed by atoms with van der Waals surface area (Å²) in [6, 6.07) is 1.27. The summed E-state index contributed by atoms with van der Waals surface area (Å²) < 4.78 is 35.7. The minimum Gasteiger partial charge on any atom is -0.493 e. The number of benzene rings is 2. The first-order valence-electron chi connectivity index (χ1n) is 15.5. The number of methoxy groups -OCH3 is 2. The Labute approximate surface area is 266 Å². The first-order chi connectivity index (χ1) is 21.6. The van der Waals surface area contributed by atoms with Crippen LogP contribution in [-0.2, 0) is 26.2 Å². The molecule has 5 heterocycles. The monoisotopic (exact) mass is 637 g/mol. The van der Waals surface area contributed by atoms with Crippen LogP contribution in [0, 0.1) is 13.8 Å². The highest BCUT2D eigenvalue weighted by molar-refractivity contribution is 8.00.